The Morgan fingerprint density at radius 3 is 2.76 bits per heavy atom. The summed E-state index contributed by atoms with van der Waals surface area (Å²) in [7, 11) is 0. The summed E-state index contributed by atoms with van der Waals surface area (Å²) in [6.07, 6.45) is 2.78. The van der Waals surface area contributed by atoms with Crippen LogP contribution in [0.3, 0.4) is 0 Å². The van der Waals surface area contributed by atoms with Gasteiger partial charge in [0.05, 0.1) is 5.92 Å². The minimum absolute atomic E-state index is 0.0193. The van der Waals surface area contributed by atoms with Crippen LogP contribution in [-0.2, 0) is 9.59 Å². The molecule has 5 nitrogen and oxygen atoms in total. The zero-order valence-electron chi connectivity index (χ0n) is 12.0. The van der Waals surface area contributed by atoms with Crippen molar-refractivity contribution in [2.24, 2.45) is 5.92 Å². The molecule has 1 atom stereocenters. The average Bonchev–Trinajstić information content (AvgIpc) is 2.89. The van der Waals surface area contributed by atoms with Crippen LogP contribution in [0.1, 0.15) is 12.8 Å². The first-order chi connectivity index (χ1) is 10.2. The number of thioether (sulfide) groups is 1. The van der Waals surface area contributed by atoms with Gasteiger partial charge < -0.3 is 15.3 Å². The molecule has 1 heterocycles. The van der Waals surface area contributed by atoms with Crippen LogP contribution in [0.25, 0.3) is 0 Å². The quantitative estimate of drug-likeness (QED) is 0.613. The number of aliphatic hydroxyl groups is 1. The Morgan fingerprint density at radius 1 is 1.43 bits per heavy atom. The number of carbonyl (C=O) groups excluding carboxylic acids is 2. The largest absolute Gasteiger partial charge is 0.396 e. The van der Waals surface area contributed by atoms with Crippen LogP contribution in [0.5, 0.6) is 0 Å². The van der Waals surface area contributed by atoms with Gasteiger partial charge in [-0.15, -0.1) is 11.8 Å². The number of nitrogens with one attached hydrogen (secondary N) is 1. The fourth-order valence-corrected chi connectivity index (χ4v) is 2.74. The van der Waals surface area contributed by atoms with E-state index >= 15 is 0 Å². The van der Waals surface area contributed by atoms with Crippen molar-refractivity contribution in [2.45, 2.75) is 17.7 Å². The van der Waals surface area contributed by atoms with Gasteiger partial charge in [-0.1, -0.05) is 0 Å². The molecular weight excluding hydrogens is 288 g/mol. The zero-order chi connectivity index (χ0) is 15.2. The maximum Gasteiger partial charge on any atom is 0.227 e. The molecule has 0 bridgehead atoms. The van der Waals surface area contributed by atoms with Crippen molar-refractivity contribution < 1.29 is 14.7 Å². The van der Waals surface area contributed by atoms with E-state index in [1.165, 1.54) is 0 Å². The first-order valence-electron chi connectivity index (χ1n) is 6.98. The van der Waals surface area contributed by atoms with Crippen LogP contribution in [0.4, 0.5) is 5.69 Å². The van der Waals surface area contributed by atoms with Crippen molar-refractivity contribution >= 4 is 29.3 Å². The summed E-state index contributed by atoms with van der Waals surface area (Å²) in [6.45, 7) is 0.919. The molecule has 6 heteroatoms. The molecule has 1 saturated heterocycles. The molecule has 0 aliphatic carbocycles. The number of nitrogens with zero attached hydrogens (tertiary/aromatic N) is 1. The molecule has 2 amide bonds. The lowest BCUT2D eigenvalue weighted by Crippen LogP contribution is -2.33. The second kappa shape index (κ2) is 7.47. The van der Waals surface area contributed by atoms with Crippen LogP contribution < -0.4 is 10.2 Å². The molecule has 1 fully saturated rings. The number of amides is 2. The summed E-state index contributed by atoms with van der Waals surface area (Å²) in [4.78, 5) is 26.9. The Labute approximate surface area is 128 Å². The highest BCUT2D eigenvalue weighted by molar-refractivity contribution is 7.98. The number of hydrogen-bond acceptors (Lipinski definition) is 4. The van der Waals surface area contributed by atoms with Crippen LogP contribution in [0, 0.1) is 5.92 Å². The van der Waals surface area contributed by atoms with Gasteiger partial charge in [0.25, 0.3) is 0 Å². The molecule has 2 rings (SSSR count). The molecule has 114 valence electrons. The third-order valence-electron chi connectivity index (χ3n) is 3.51. The molecule has 1 aliphatic rings. The van der Waals surface area contributed by atoms with Crippen LogP contribution in [0.2, 0.25) is 0 Å². The number of hydrogen-bond donors (Lipinski definition) is 2. The standard InChI is InChI=1S/C15H20N2O3S/c1-21-13-5-3-12(4-6-13)17-10-11(9-14(17)19)15(20)16-7-2-8-18/h3-6,11,18H,2,7-10H2,1H3,(H,16,20). The van der Waals surface area contributed by atoms with E-state index in [0.717, 1.165) is 10.6 Å². The molecular formula is C15H20N2O3S. The lowest BCUT2D eigenvalue weighted by Gasteiger charge is -2.17. The molecule has 1 aromatic carbocycles. The van der Waals surface area contributed by atoms with E-state index < -0.39 is 0 Å². The van der Waals surface area contributed by atoms with Crippen molar-refractivity contribution in [1.82, 2.24) is 5.32 Å². The van der Waals surface area contributed by atoms with Gasteiger partial charge in [-0.2, -0.15) is 0 Å². The van der Waals surface area contributed by atoms with Gasteiger partial charge in [-0.3, -0.25) is 9.59 Å². The molecule has 0 spiro atoms. The van der Waals surface area contributed by atoms with Gasteiger partial charge in [0.15, 0.2) is 0 Å². The molecule has 21 heavy (non-hydrogen) atoms. The first-order valence-corrected chi connectivity index (χ1v) is 8.21. The Kier molecular flexibility index (Phi) is 5.64. The highest BCUT2D eigenvalue weighted by Crippen LogP contribution is 2.27. The van der Waals surface area contributed by atoms with E-state index in [1.54, 1.807) is 16.7 Å². The van der Waals surface area contributed by atoms with Gasteiger partial charge in [0, 0.05) is 36.7 Å². The topological polar surface area (TPSA) is 69.6 Å². The van der Waals surface area contributed by atoms with Gasteiger partial charge >= 0.3 is 0 Å². The van der Waals surface area contributed by atoms with Crippen molar-refractivity contribution in [3.8, 4) is 0 Å². The van der Waals surface area contributed by atoms with E-state index in [-0.39, 0.29) is 30.8 Å². The molecule has 1 aromatic rings. The maximum atomic E-state index is 12.1. The molecule has 1 unspecified atom stereocenters. The van der Waals surface area contributed by atoms with Crippen molar-refractivity contribution in [1.29, 1.82) is 0 Å². The lowest BCUT2D eigenvalue weighted by molar-refractivity contribution is -0.126. The van der Waals surface area contributed by atoms with E-state index in [2.05, 4.69) is 5.32 Å². The molecule has 1 aliphatic heterocycles. The zero-order valence-corrected chi connectivity index (χ0v) is 12.9. The summed E-state index contributed by atoms with van der Waals surface area (Å²) in [5.74, 6) is -0.439. The Morgan fingerprint density at radius 2 is 2.14 bits per heavy atom. The van der Waals surface area contributed by atoms with Crippen molar-refractivity contribution in [3.63, 3.8) is 0 Å². The van der Waals surface area contributed by atoms with Gasteiger partial charge in [-0.05, 0) is 36.9 Å². The van der Waals surface area contributed by atoms with Crippen LogP contribution in [0.15, 0.2) is 29.2 Å². The van der Waals surface area contributed by atoms with E-state index in [4.69, 9.17) is 5.11 Å². The van der Waals surface area contributed by atoms with E-state index in [0.29, 0.717) is 19.5 Å². The second-order valence-electron chi connectivity index (χ2n) is 4.97. The van der Waals surface area contributed by atoms with E-state index in [9.17, 15) is 9.59 Å². The highest BCUT2D eigenvalue weighted by Gasteiger charge is 2.34. The van der Waals surface area contributed by atoms with Gasteiger partial charge in [0.2, 0.25) is 11.8 Å². The minimum atomic E-state index is -0.309. The Balaban J connectivity index is 1.96. The van der Waals surface area contributed by atoms with E-state index in [1.807, 2.05) is 30.5 Å². The summed E-state index contributed by atoms with van der Waals surface area (Å²) in [5.41, 5.74) is 0.837. The van der Waals surface area contributed by atoms with Crippen LogP contribution in [-0.4, -0.2) is 42.9 Å². The predicted molar refractivity (Wildman–Crippen MR) is 83.4 cm³/mol. The number of aliphatic hydroxyl groups excluding tert-OH is 1. The number of anilines is 1. The highest BCUT2D eigenvalue weighted by atomic mass is 32.2. The molecule has 2 N–H and O–H groups in total. The fourth-order valence-electron chi connectivity index (χ4n) is 2.33. The fraction of sp³-hybridized carbons (Fsp3) is 0.467. The third-order valence-corrected chi connectivity index (χ3v) is 4.26. The second-order valence-corrected chi connectivity index (χ2v) is 5.85. The average molecular weight is 308 g/mol. The number of rotatable bonds is 6. The predicted octanol–water partition coefficient (Wildman–Crippen LogP) is 1.26. The monoisotopic (exact) mass is 308 g/mol. The molecule has 0 aromatic heterocycles. The Bertz CT molecular complexity index is 504. The molecule has 0 radical (unpaired) electrons. The third kappa shape index (κ3) is 3.98. The summed E-state index contributed by atoms with van der Waals surface area (Å²) in [5, 5.41) is 11.5. The SMILES string of the molecule is CSc1ccc(N2CC(C(=O)NCCCO)CC2=O)cc1. The molecule has 0 saturated carbocycles. The van der Waals surface area contributed by atoms with Gasteiger partial charge in [-0.25, -0.2) is 0 Å². The number of carbonyl (C=O) groups is 2. The smallest absolute Gasteiger partial charge is 0.227 e. The summed E-state index contributed by atoms with van der Waals surface area (Å²) in [6, 6.07) is 7.77. The van der Waals surface area contributed by atoms with Crippen molar-refractivity contribution in [2.75, 3.05) is 30.9 Å². The normalized spacial score (nSPS) is 18.1. The lowest BCUT2D eigenvalue weighted by atomic mass is 10.1. The first kappa shape index (κ1) is 15.9. The van der Waals surface area contributed by atoms with Gasteiger partial charge in [0.1, 0.15) is 0 Å². The summed E-state index contributed by atoms with van der Waals surface area (Å²) >= 11 is 1.65. The summed E-state index contributed by atoms with van der Waals surface area (Å²) < 4.78 is 0. The maximum absolute atomic E-state index is 12.1. The minimum Gasteiger partial charge on any atom is -0.396 e. The number of benzene rings is 1. The Hall–Kier alpha value is -1.53. The van der Waals surface area contributed by atoms with Crippen molar-refractivity contribution in [3.05, 3.63) is 24.3 Å². The van der Waals surface area contributed by atoms with Crippen LogP contribution >= 0.6 is 11.8 Å².